The zero-order valence-corrected chi connectivity index (χ0v) is 14.1. The Morgan fingerprint density at radius 3 is 2.82 bits per heavy atom. The van der Waals surface area contributed by atoms with Gasteiger partial charge < -0.3 is 9.47 Å². The number of nitrogens with zero attached hydrogens (tertiary/aromatic N) is 4. The molecule has 1 fully saturated rings. The Labute approximate surface area is 132 Å². The summed E-state index contributed by atoms with van der Waals surface area (Å²) in [6, 6.07) is 0.0789. The molecule has 5 heteroatoms. The number of likely N-dealkylation sites (tertiary alicyclic amines) is 1. The minimum absolute atomic E-state index is 0.0789. The third kappa shape index (κ3) is 2.69. The molecule has 0 spiro atoms. The average molecular weight is 302 g/mol. The van der Waals surface area contributed by atoms with Gasteiger partial charge in [-0.2, -0.15) is 0 Å². The van der Waals surface area contributed by atoms with Crippen LogP contribution in [0.1, 0.15) is 64.7 Å². The largest absolute Gasteiger partial charge is 0.329 e. The Hall–Kier alpha value is -1.65. The van der Waals surface area contributed by atoms with Gasteiger partial charge in [0.2, 0.25) is 5.91 Å². The summed E-state index contributed by atoms with van der Waals surface area (Å²) in [7, 11) is 1.95. The summed E-state index contributed by atoms with van der Waals surface area (Å²) < 4.78 is 1.93. The van der Waals surface area contributed by atoms with Crippen LogP contribution in [0.2, 0.25) is 0 Å². The van der Waals surface area contributed by atoms with Crippen molar-refractivity contribution >= 4 is 5.91 Å². The number of hydrogen-bond donors (Lipinski definition) is 0. The lowest BCUT2D eigenvalue weighted by atomic mass is 9.74. The van der Waals surface area contributed by atoms with Crippen molar-refractivity contribution in [3.8, 4) is 0 Å². The number of rotatable bonds is 2. The summed E-state index contributed by atoms with van der Waals surface area (Å²) >= 11 is 0. The van der Waals surface area contributed by atoms with Crippen molar-refractivity contribution < 1.29 is 4.79 Å². The highest BCUT2D eigenvalue weighted by atomic mass is 16.2. The Morgan fingerprint density at radius 2 is 2.18 bits per heavy atom. The van der Waals surface area contributed by atoms with Gasteiger partial charge in [-0.05, 0) is 44.4 Å². The molecule has 1 unspecified atom stereocenters. The zero-order valence-electron chi connectivity index (χ0n) is 14.1. The molecule has 2 heterocycles. The van der Waals surface area contributed by atoms with Crippen LogP contribution in [-0.4, -0.2) is 32.1 Å². The van der Waals surface area contributed by atoms with Crippen molar-refractivity contribution in [2.24, 2.45) is 12.5 Å². The van der Waals surface area contributed by atoms with E-state index in [2.05, 4.69) is 31.0 Å². The van der Waals surface area contributed by atoms with Gasteiger partial charge in [0, 0.05) is 19.2 Å². The van der Waals surface area contributed by atoms with E-state index in [1.54, 1.807) is 6.33 Å². The third-order valence-corrected chi connectivity index (χ3v) is 5.13. The summed E-state index contributed by atoms with van der Waals surface area (Å²) in [5, 5.41) is 8.19. The molecule has 3 rings (SSSR count). The summed E-state index contributed by atoms with van der Waals surface area (Å²) in [5.41, 5.74) is 2.63. The van der Waals surface area contributed by atoms with Gasteiger partial charge in [-0.1, -0.05) is 19.4 Å². The van der Waals surface area contributed by atoms with Crippen molar-refractivity contribution in [1.82, 2.24) is 19.7 Å². The van der Waals surface area contributed by atoms with Crippen LogP contribution in [-0.2, 0) is 11.8 Å². The summed E-state index contributed by atoms with van der Waals surface area (Å²) in [4.78, 5) is 15.1. The maximum Gasteiger partial charge on any atom is 0.250 e. The van der Waals surface area contributed by atoms with Crippen LogP contribution in [0.5, 0.6) is 0 Å². The highest BCUT2D eigenvalue weighted by molar-refractivity contribution is 5.94. The molecule has 1 aliphatic heterocycles. The normalized spacial score (nSPS) is 24.9. The molecule has 1 aromatic heterocycles. The molecule has 0 bridgehead atoms. The van der Waals surface area contributed by atoms with Gasteiger partial charge in [0.15, 0.2) is 5.82 Å². The lowest BCUT2D eigenvalue weighted by molar-refractivity contribution is -0.128. The van der Waals surface area contributed by atoms with E-state index in [1.165, 1.54) is 5.57 Å². The number of aromatic nitrogens is 3. The standard InChI is InChI=1S/C17H26N4O/c1-12-10-17(2,3)8-7-13(12)16(22)21-9-5-6-14(21)15-19-18-11-20(15)4/h11,14H,5-10H2,1-4H3. The first-order chi connectivity index (χ1) is 10.4. The van der Waals surface area contributed by atoms with Crippen LogP contribution in [0.3, 0.4) is 0 Å². The van der Waals surface area contributed by atoms with Crippen LogP contribution >= 0.6 is 0 Å². The zero-order chi connectivity index (χ0) is 15.9. The second kappa shape index (κ2) is 5.52. The molecule has 0 N–H and O–H groups in total. The second-order valence-electron chi connectivity index (χ2n) is 7.56. The van der Waals surface area contributed by atoms with E-state index >= 15 is 0 Å². The Bertz CT molecular complexity index is 614. The number of amides is 1. The average Bonchev–Trinajstić information content (AvgIpc) is 3.05. The third-order valence-electron chi connectivity index (χ3n) is 5.13. The first-order valence-corrected chi connectivity index (χ1v) is 8.22. The monoisotopic (exact) mass is 302 g/mol. The molecule has 22 heavy (non-hydrogen) atoms. The minimum Gasteiger partial charge on any atom is -0.329 e. The maximum atomic E-state index is 13.0. The van der Waals surface area contributed by atoms with Gasteiger partial charge in [-0.15, -0.1) is 10.2 Å². The number of carbonyl (C=O) groups is 1. The van der Waals surface area contributed by atoms with Crippen LogP contribution in [0.4, 0.5) is 0 Å². The molecule has 5 nitrogen and oxygen atoms in total. The number of allylic oxidation sites excluding steroid dienone is 1. The second-order valence-corrected chi connectivity index (χ2v) is 7.56. The molecule has 0 aromatic carbocycles. The van der Waals surface area contributed by atoms with Gasteiger partial charge in [-0.3, -0.25) is 4.79 Å². The molecule has 1 atom stereocenters. The van der Waals surface area contributed by atoms with Crippen molar-refractivity contribution in [3.63, 3.8) is 0 Å². The van der Waals surface area contributed by atoms with Gasteiger partial charge in [0.25, 0.3) is 0 Å². The van der Waals surface area contributed by atoms with E-state index in [-0.39, 0.29) is 11.9 Å². The van der Waals surface area contributed by atoms with E-state index in [0.717, 1.165) is 50.0 Å². The Kier molecular flexibility index (Phi) is 3.83. The van der Waals surface area contributed by atoms with Crippen LogP contribution < -0.4 is 0 Å². The fourth-order valence-corrected chi connectivity index (χ4v) is 3.92. The van der Waals surface area contributed by atoms with Crippen LogP contribution in [0.15, 0.2) is 17.5 Å². The van der Waals surface area contributed by atoms with Crippen molar-refractivity contribution in [1.29, 1.82) is 0 Å². The maximum absolute atomic E-state index is 13.0. The van der Waals surface area contributed by atoms with Gasteiger partial charge in [0.1, 0.15) is 6.33 Å². The predicted molar refractivity (Wildman–Crippen MR) is 85.0 cm³/mol. The quantitative estimate of drug-likeness (QED) is 0.844. The van der Waals surface area contributed by atoms with Gasteiger partial charge in [-0.25, -0.2) is 0 Å². The van der Waals surface area contributed by atoms with Crippen molar-refractivity contribution in [2.75, 3.05) is 6.54 Å². The molecule has 1 amide bonds. The predicted octanol–water partition coefficient (Wildman–Crippen LogP) is 3.01. The Morgan fingerprint density at radius 1 is 1.41 bits per heavy atom. The highest BCUT2D eigenvalue weighted by Gasteiger charge is 2.36. The first kappa shape index (κ1) is 15.3. The van der Waals surface area contributed by atoms with Crippen molar-refractivity contribution in [3.05, 3.63) is 23.3 Å². The van der Waals surface area contributed by atoms with E-state index in [1.807, 2.05) is 16.5 Å². The first-order valence-electron chi connectivity index (χ1n) is 8.22. The lowest BCUT2D eigenvalue weighted by Crippen LogP contribution is -2.35. The number of aryl methyl sites for hydroxylation is 1. The molecular formula is C17H26N4O. The number of hydrogen-bond acceptors (Lipinski definition) is 3. The molecule has 0 radical (unpaired) electrons. The fourth-order valence-electron chi connectivity index (χ4n) is 3.92. The molecule has 1 aliphatic carbocycles. The summed E-state index contributed by atoms with van der Waals surface area (Å²) in [5.74, 6) is 1.12. The van der Waals surface area contributed by atoms with Crippen LogP contribution in [0, 0.1) is 5.41 Å². The summed E-state index contributed by atoms with van der Waals surface area (Å²) in [6.45, 7) is 7.53. The summed E-state index contributed by atoms with van der Waals surface area (Å²) in [6.07, 6.45) is 6.76. The van der Waals surface area contributed by atoms with Crippen molar-refractivity contribution in [2.45, 2.75) is 58.9 Å². The smallest absolute Gasteiger partial charge is 0.250 e. The van der Waals surface area contributed by atoms with Crippen LogP contribution in [0.25, 0.3) is 0 Å². The Balaban J connectivity index is 1.84. The minimum atomic E-state index is 0.0789. The molecule has 2 aliphatic rings. The topological polar surface area (TPSA) is 51.0 Å². The van der Waals surface area contributed by atoms with Gasteiger partial charge >= 0.3 is 0 Å². The van der Waals surface area contributed by atoms with E-state index < -0.39 is 0 Å². The molecule has 120 valence electrons. The molecule has 1 saturated heterocycles. The van der Waals surface area contributed by atoms with E-state index in [4.69, 9.17) is 0 Å². The number of carbonyl (C=O) groups excluding carboxylic acids is 1. The lowest BCUT2D eigenvalue weighted by Gasteiger charge is -2.34. The SMILES string of the molecule is CC1=C(C(=O)N2CCCC2c2nncn2C)CCC(C)(C)C1. The molecule has 0 saturated carbocycles. The van der Waals surface area contributed by atoms with Gasteiger partial charge in [0.05, 0.1) is 6.04 Å². The fraction of sp³-hybridized carbons (Fsp3) is 0.706. The molecular weight excluding hydrogens is 276 g/mol. The van der Waals surface area contributed by atoms with E-state index in [9.17, 15) is 4.79 Å². The molecule has 1 aromatic rings. The highest BCUT2D eigenvalue weighted by Crippen LogP contribution is 2.40. The van der Waals surface area contributed by atoms with E-state index in [0.29, 0.717) is 5.41 Å².